The van der Waals surface area contributed by atoms with E-state index >= 15 is 0 Å². The van der Waals surface area contributed by atoms with Crippen molar-refractivity contribution in [3.63, 3.8) is 0 Å². The number of halogens is 1. The Labute approximate surface area is 116 Å². The summed E-state index contributed by atoms with van der Waals surface area (Å²) in [5.41, 5.74) is 2.12. The summed E-state index contributed by atoms with van der Waals surface area (Å²) in [6.45, 7) is 5.71. The molecule has 20 heavy (non-hydrogen) atoms. The van der Waals surface area contributed by atoms with Crippen LogP contribution in [0.1, 0.15) is 41.6 Å². The van der Waals surface area contributed by atoms with E-state index in [2.05, 4.69) is 9.89 Å². The van der Waals surface area contributed by atoms with Gasteiger partial charge in [-0.2, -0.15) is 0 Å². The highest BCUT2D eigenvalue weighted by atomic mass is 19.1. The summed E-state index contributed by atoms with van der Waals surface area (Å²) in [5.74, 6) is -0.302. The molecular weight excluding hydrogens is 261 g/mol. The van der Waals surface area contributed by atoms with Gasteiger partial charge in [-0.15, -0.1) is 0 Å². The van der Waals surface area contributed by atoms with Gasteiger partial charge in [-0.3, -0.25) is 0 Å². The number of carbonyl (C=O) groups excluding carboxylic acids is 1. The smallest absolute Gasteiger partial charge is 0.337 e. The maximum absolute atomic E-state index is 13.7. The fraction of sp³-hybridized carbons (Fsp3) is 0.333. The molecule has 1 aromatic carbocycles. The normalized spacial score (nSPS) is 10.9. The van der Waals surface area contributed by atoms with E-state index in [4.69, 9.17) is 4.52 Å². The molecule has 0 aliphatic rings. The van der Waals surface area contributed by atoms with Crippen LogP contribution in [-0.2, 0) is 4.74 Å². The van der Waals surface area contributed by atoms with Crippen molar-refractivity contribution in [3.05, 3.63) is 41.0 Å². The molecular formula is C15H16FNO3. The Bertz CT molecular complexity index is 647. The first-order valence-corrected chi connectivity index (χ1v) is 6.29. The van der Waals surface area contributed by atoms with Gasteiger partial charge in [-0.25, -0.2) is 9.18 Å². The summed E-state index contributed by atoms with van der Waals surface area (Å²) in [6, 6.07) is 4.09. The summed E-state index contributed by atoms with van der Waals surface area (Å²) in [5, 5.41) is 3.92. The van der Waals surface area contributed by atoms with E-state index in [1.807, 2.05) is 13.8 Å². The van der Waals surface area contributed by atoms with Gasteiger partial charge in [-0.05, 0) is 30.7 Å². The molecule has 1 heterocycles. The van der Waals surface area contributed by atoms with Gasteiger partial charge in [0, 0.05) is 11.5 Å². The van der Waals surface area contributed by atoms with Gasteiger partial charge in [-0.1, -0.05) is 19.0 Å². The molecule has 1 aromatic heterocycles. The van der Waals surface area contributed by atoms with Crippen molar-refractivity contribution in [1.82, 2.24) is 5.16 Å². The molecule has 2 rings (SSSR count). The fourth-order valence-electron chi connectivity index (χ4n) is 2.10. The van der Waals surface area contributed by atoms with Gasteiger partial charge in [0.1, 0.15) is 11.6 Å². The third-order valence-corrected chi connectivity index (χ3v) is 3.02. The van der Waals surface area contributed by atoms with Crippen LogP contribution in [0.25, 0.3) is 11.1 Å². The zero-order valence-electron chi connectivity index (χ0n) is 11.9. The van der Waals surface area contributed by atoms with Crippen molar-refractivity contribution >= 4 is 5.97 Å². The van der Waals surface area contributed by atoms with Crippen LogP contribution in [0.4, 0.5) is 4.39 Å². The number of hydrogen-bond donors (Lipinski definition) is 0. The van der Waals surface area contributed by atoms with Crippen molar-refractivity contribution < 1.29 is 18.4 Å². The first kappa shape index (κ1) is 14.2. The lowest BCUT2D eigenvalue weighted by atomic mass is 9.97. The van der Waals surface area contributed by atoms with Crippen LogP contribution in [0.5, 0.6) is 0 Å². The van der Waals surface area contributed by atoms with E-state index in [0.29, 0.717) is 17.0 Å². The van der Waals surface area contributed by atoms with E-state index in [0.717, 1.165) is 11.6 Å². The van der Waals surface area contributed by atoms with Crippen molar-refractivity contribution in [1.29, 1.82) is 0 Å². The Hall–Kier alpha value is -2.17. The number of carbonyl (C=O) groups is 1. The standard InChI is InChI=1S/C15H16FNO3/c1-8(2)14-13(9(3)17-20-14)10-5-11(15(18)19-4)7-12(16)6-10/h5-8H,1-4H3. The number of hydrogen-bond acceptors (Lipinski definition) is 4. The number of nitrogens with zero attached hydrogens (tertiary/aromatic N) is 1. The predicted molar refractivity (Wildman–Crippen MR) is 72.1 cm³/mol. The van der Waals surface area contributed by atoms with E-state index in [9.17, 15) is 9.18 Å². The number of rotatable bonds is 3. The lowest BCUT2D eigenvalue weighted by molar-refractivity contribution is 0.0600. The molecule has 0 aliphatic carbocycles. The molecule has 0 N–H and O–H groups in total. The largest absolute Gasteiger partial charge is 0.465 e. The van der Waals surface area contributed by atoms with Gasteiger partial charge in [0.2, 0.25) is 0 Å². The minimum atomic E-state index is -0.578. The van der Waals surface area contributed by atoms with Gasteiger partial charge in [0.15, 0.2) is 0 Å². The monoisotopic (exact) mass is 277 g/mol. The van der Waals surface area contributed by atoms with E-state index in [-0.39, 0.29) is 11.5 Å². The molecule has 2 aromatic rings. The highest BCUT2D eigenvalue weighted by molar-refractivity contribution is 5.91. The number of aryl methyl sites for hydroxylation is 1. The van der Waals surface area contributed by atoms with Crippen LogP contribution in [0, 0.1) is 12.7 Å². The molecule has 0 unspecified atom stereocenters. The predicted octanol–water partition coefficient (Wildman–Crippen LogP) is 3.70. The van der Waals surface area contributed by atoms with Crippen LogP contribution in [-0.4, -0.2) is 18.2 Å². The number of ether oxygens (including phenoxy) is 1. The van der Waals surface area contributed by atoms with Gasteiger partial charge in [0.05, 0.1) is 18.4 Å². The SMILES string of the molecule is COC(=O)c1cc(F)cc(-c2c(C)noc2C(C)C)c1. The average molecular weight is 277 g/mol. The van der Waals surface area contributed by atoms with Crippen LogP contribution in [0.3, 0.4) is 0 Å². The first-order valence-electron chi connectivity index (χ1n) is 6.29. The quantitative estimate of drug-likeness (QED) is 0.803. The van der Waals surface area contributed by atoms with Crippen molar-refractivity contribution in [2.75, 3.05) is 7.11 Å². The molecule has 0 aliphatic heterocycles. The zero-order chi connectivity index (χ0) is 14.9. The third kappa shape index (κ3) is 2.57. The Morgan fingerprint density at radius 3 is 2.65 bits per heavy atom. The summed E-state index contributed by atoms with van der Waals surface area (Å²) in [7, 11) is 1.26. The zero-order valence-corrected chi connectivity index (χ0v) is 11.9. The number of aromatic nitrogens is 1. The first-order chi connectivity index (χ1) is 9.43. The van der Waals surface area contributed by atoms with Crippen molar-refractivity contribution in [2.45, 2.75) is 26.7 Å². The Morgan fingerprint density at radius 1 is 1.35 bits per heavy atom. The number of methoxy groups -OCH3 is 1. The molecule has 4 nitrogen and oxygen atoms in total. The van der Waals surface area contributed by atoms with Gasteiger partial charge < -0.3 is 9.26 Å². The molecule has 0 spiro atoms. The number of esters is 1. The van der Waals surface area contributed by atoms with E-state index < -0.39 is 11.8 Å². The minimum absolute atomic E-state index is 0.107. The minimum Gasteiger partial charge on any atom is -0.465 e. The maximum atomic E-state index is 13.7. The van der Waals surface area contributed by atoms with Crippen LogP contribution < -0.4 is 0 Å². The van der Waals surface area contributed by atoms with Crippen LogP contribution in [0.2, 0.25) is 0 Å². The third-order valence-electron chi connectivity index (χ3n) is 3.02. The topological polar surface area (TPSA) is 52.3 Å². The molecule has 106 valence electrons. The van der Waals surface area contributed by atoms with Crippen LogP contribution in [0.15, 0.2) is 22.7 Å². The average Bonchev–Trinajstić information content (AvgIpc) is 2.79. The number of benzene rings is 1. The highest BCUT2D eigenvalue weighted by Gasteiger charge is 2.20. The molecule has 5 heteroatoms. The Kier molecular flexibility index (Phi) is 3.88. The molecule has 0 saturated heterocycles. The molecule has 0 amide bonds. The van der Waals surface area contributed by atoms with Gasteiger partial charge in [0.25, 0.3) is 0 Å². The molecule has 0 atom stereocenters. The summed E-state index contributed by atoms with van der Waals surface area (Å²) < 4.78 is 23.6. The maximum Gasteiger partial charge on any atom is 0.337 e. The second-order valence-electron chi connectivity index (χ2n) is 4.88. The summed E-state index contributed by atoms with van der Waals surface area (Å²) in [6.07, 6.45) is 0. The highest BCUT2D eigenvalue weighted by Crippen LogP contribution is 2.33. The van der Waals surface area contributed by atoms with Gasteiger partial charge >= 0.3 is 5.97 Å². The molecule has 0 radical (unpaired) electrons. The fourth-order valence-corrected chi connectivity index (χ4v) is 2.10. The molecule has 0 fully saturated rings. The lowest BCUT2D eigenvalue weighted by Gasteiger charge is -2.07. The van der Waals surface area contributed by atoms with E-state index in [1.165, 1.54) is 13.2 Å². The van der Waals surface area contributed by atoms with Crippen LogP contribution >= 0.6 is 0 Å². The second kappa shape index (κ2) is 5.45. The molecule has 0 saturated carbocycles. The second-order valence-corrected chi connectivity index (χ2v) is 4.88. The Balaban J connectivity index is 2.61. The van der Waals surface area contributed by atoms with Crippen molar-refractivity contribution in [3.8, 4) is 11.1 Å². The summed E-state index contributed by atoms with van der Waals surface area (Å²) in [4.78, 5) is 11.6. The van der Waals surface area contributed by atoms with E-state index in [1.54, 1.807) is 13.0 Å². The summed E-state index contributed by atoms with van der Waals surface area (Å²) >= 11 is 0. The van der Waals surface area contributed by atoms with Crippen molar-refractivity contribution in [2.24, 2.45) is 0 Å². The molecule has 0 bridgehead atoms. The Morgan fingerprint density at radius 2 is 2.05 bits per heavy atom. The lowest BCUT2D eigenvalue weighted by Crippen LogP contribution is -2.02.